The fourth-order valence-corrected chi connectivity index (χ4v) is 2.10. The molecular formula is C14H18N2O3. The highest BCUT2D eigenvalue weighted by molar-refractivity contribution is 6.00. The molecule has 0 bridgehead atoms. The van der Waals surface area contributed by atoms with Crippen LogP contribution in [0.5, 0.6) is 5.75 Å². The minimum absolute atomic E-state index is 0.0285. The fourth-order valence-electron chi connectivity index (χ4n) is 2.10. The molecule has 0 saturated carbocycles. The van der Waals surface area contributed by atoms with Gasteiger partial charge in [-0.25, -0.2) is 0 Å². The third-order valence-electron chi connectivity index (χ3n) is 3.34. The van der Waals surface area contributed by atoms with Crippen molar-refractivity contribution in [1.29, 1.82) is 0 Å². The van der Waals surface area contributed by atoms with Gasteiger partial charge in [0.15, 0.2) is 6.61 Å². The van der Waals surface area contributed by atoms with Gasteiger partial charge < -0.3 is 14.5 Å². The maximum Gasteiger partial charge on any atom is 0.264 e. The van der Waals surface area contributed by atoms with E-state index in [1.54, 1.807) is 30.1 Å². The first kappa shape index (κ1) is 13.4. The van der Waals surface area contributed by atoms with Crippen LogP contribution in [0.2, 0.25) is 0 Å². The molecule has 0 spiro atoms. The van der Waals surface area contributed by atoms with Crippen LogP contribution in [0.3, 0.4) is 0 Å². The first-order chi connectivity index (χ1) is 9.08. The van der Waals surface area contributed by atoms with Crippen molar-refractivity contribution in [2.75, 3.05) is 31.6 Å². The summed E-state index contributed by atoms with van der Waals surface area (Å²) in [6.45, 7) is 5.26. The van der Waals surface area contributed by atoms with Crippen molar-refractivity contribution in [3.05, 3.63) is 23.8 Å². The molecule has 1 aliphatic rings. The highest BCUT2D eigenvalue weighted by Crippen LogP contribution is 2.32. The molecule has 0 aliphatic carbocycles. The van der Waals surface area contributed by atoms with Gasteiger partial charge >= 0.3 is 0 Å². The van der Waals surface area contributed by atoms with E-state index >= 15 is 0 Å². The average Bonchev–Trinajstić information content (AvgIpc) is 2.44. The monoisotopic (exact) mass is 262 g/mol. The van der Waals surface area contributed by atoms with Crippen LogP contribution in [0.1, 0.15) is 24.2 Å². The molecule has 2 amide bonds. The topological polar surface area (TPSA) is 49.9 Å². The van der Waals surface area contributed by atoms with Gasteiger partial charge in [0.1, 0.15) is 5.75 Å². The predicted molar refractivity (Wildman–Crippen MR) is 72.6 cm³/mol. The quantitative estimate of drug-likeness (QED) is 0.830. The SMILES string of the molecule is CCN(CC)C(=O)c1ccc2c(c1)N(C)C(=O)CO2. The third-order valence-corrected chi connectivity index (χ3v) is 3.34. The van der Waals surface area contributed by atoms with Gasteiger partial charge in [0.05, 0.1) is 5.69 Å². The van der Waals surface area contributed by atoms with Gasteiger partial charge in [0, 0.05) is 25.7 Å². The number of amides is 2. The molecule has 5 heteroatoms. The lowest BCUT2D eigenvalue weighted by Gasteiger charge is -2.27. The smallest absolute Gasteiger partial charge is 0.264 e. The molecule has 0 saturated heterocycles. The average molecular weight is 262 g/mol. The van der Waals surface area contributed by atoms with E-state index in [1.807, 2.05) is 13.8 Å². The summed E-state index contributed by atoms with van der Waals surface area (Å²) in [6, 6.07) is 5.20. The first-order valence-corrected chi connectivity index (χ1v) is 6.41. The van der Waals surface area contributed by atoms with E-state index in [1.165, 1.54) is 4.90 Å². The molecule has 0 fully saturated rings. The number of hydrogen-bond acceptors (Lipinski definition) is 3. The second-order valence-corrected chi connectivity index (χ2v) is 4.40. The first-order valence-electron chi connectivity index (χ1n) is 6.41. The minimum Gasteiger partial charge on any atom is -0.482 e. The number of anilines is 1. The van der Waals surface area contributed by atoms with E-state index in [-0.39, 0.29) is 18.4 Å². The number of carbonyl (C=O) groups is 2. The number of likely N-dealkylation sites (N-methyl/N-ethyl adjacent to an activating group) is 1. The normalized spacial score (nSPS) is 13.8. The van der Waals surface area contributed by atoms with E-state index in [0.29, 0.717) is 30.1 Å². The summed E-state index contributed by atoms with van der Waals surface area (Å²) in [6.07, 6.45) is 0. The Labute approximate surface area is 112 Å². The maximum atomic E-state index is 12.3. The van der Waals surface area contributed by atoms with Crippen LogP contribution < -0.4 is 9.64 Å². The Morgan fingerprint density at radius 2 is 2.05 bits per heavy atom. The molecular weight excluding hydrogens is 244 g/mol. The van der Waals surface area contributed by atoms with Crippen molar-refractivity contribution >= 4 is 17.5 Å². The molecule has 1 aromatic carbocycles. The molecule has 0 N–H and O–H groups in total. The number of benzene rings is 1. The number of carbonyl (C=O) groups excluding carboxylic acids is 2. The number of hydrogen-bond donors (Lipinski definition) is 0. The Morgan fingerprint density at radius 3 is 2.68 bits per heavy atom. The summed E-state index contributed by atoms with van der Waals surface area (Å²) in [5, 5.41) is 0. The summed E-state index contributed by atoms with van der Waals surface area (Å²) in [5.74, 6) is 0.498. The van der Waals surface area contributed by atoms with Crippen LogP contribution in [0.25, 0.3) is 0 Å². The van der Waals surface area contributed by atoms with E-state index < -0.39 is 0 Å². The Hall–Kier alpha value is -2.04. The second kappa shape index (κ2) is 5.30. The molecule has 0 radical (unpaired) electrons. The molecule has 0 aromatic heterocycles. The van der Waals surface area contributed by atoms with Gasteiger partial charge in [-0.1, -0.05) is 0 Å². The minimum atomic E-state index is -0.111. The predicted octanol–water partition coefficient (Wildman–Crippen LogP) is 1.52. The van der Waals surface area contributed by atoms with Gasteiger partial charge in [0.25, 0.3) is 11.8 Å². The van der Waals surface area contributed by atoms with Gasteiger partial charge in [0.2, 0.25) is 0 Å². The van der Waals surface area contributed by atoms with Gasteiger partial charge in [-0.3, -0.25) is 9.59 Å². The molecule has 5 nitrogen and oxygen atoms in total. The van der Waals surface area contributed by atoms with E-state index in [4.69, 9.17) is 4.74 Å². The Bertz CT molecular complexity index is 509. The Balaban J connectivity index is 2.35. The summed E-state index contributed by atoms with van der Waals surface area (Å²) in [7, 11) is 1.69. The number of ether oxygens (including phenoxy) is 1. The Morgan fingerprint density at radius 1 is 1.37 bits per heavy atom. The standard InChI is InChI=1S/C14H18N2O3/c1-4-16(5-2)14(18)10-6-7-12-11(8-10)15(3)13(17)9-19-12/h6-8H,4-5,9H2,1-3H3. The highest BCUT2D eigenvalue weighted by atomic mass is 16.5. The lowest BCUT2D eigenvalue weighted by Crippen LogP contribution is -2.36. The number of rotatable bonds is 3. The maximum absolute atomic E-state index is 12.3. The zero-order valence-corrected chi connectivity index (χ0v) is 11.5. The highest BCUT2D eigenvalue weighted by Gasteiger charge is 2.24. The van der Waals surface area contributed by atoms with Crippen LogP contribution in [0.15, 0.2) is 18.2 Å². The lowest BCUT2D eigenvalue weighted by molar-refractivity contribution is -0.120. The molecule has 2 rings (SSSR count). The molecule has 0 atom stereocenters. The largest absolute Gasteiger partial charge is 0.482 e. The van der Waals surface area contributed by atoms with Crippen molar-refractivity contribution in [3.63, 3.8) is 0 Å². The Kier molecular flexibility index (Phi) is 3.74. The molecule has 1 aromatic rings. The number of nitrogens with zero attached hydrogens (tertiary/aromatic N) is 2. The molecule has 1 heterocycles. The fraction of sp³-hybridized carbons (Fsp3) is 0.429. The van der Waals surface area contributed by atoms with Gasteiger partial charge in [-0.2, -0.15) is 0 Å². The van der Waals surface area contributed by atoms with Crippen LogP contribution >= 0.6 is 0 Å². The molecule has 0 unspecified atom stereocenters. The van der Waals surface area contributed by atoms with Crippen LogP contribution in [0, 0.1) is 0 Å². The lowest BCUT2D eigenvalue weighted by atomic mass is 10.1. The van der Waals surface area contributed by atoms with E-state index in [0.717, 1.165) is 0 Å². The number of fused-ring (bicyclic) bond motifs is 1. The van der Waals surface area contributed by atoms with Gasteiger partial charge in [-0.05, 0) is 32.0 Å². The van der Waals surface area contributed by atoms with Crippen LogP contribution in [0.4, 0.5) is 5.69 Å². The van der Waals surface area contributed by atoms with E-state index in [9.17, 15) is 9.59 Å². The van der Waals surface area contributed by atoms with Crippen molar-refractivity contribution < 1.29 is 14.3 Å². The van der Waals surface area contributed by atoms with Crippen molar-refractivity contribution in [3.8, 4) is 5.75 Å². The summed E-state index contributed by atoms with van der Waals surface area (Å²) < 4.78 is 5.34. The van der Waals surface area contributed by atoms with Crippen LogP contribution in [-0.4, -0.2) is 43.5 Å². The zero-order valence-electron chi connectivity index (χ0n) is 11.5. The summed E-state index contributed by atoms with van der Waals surface area (Å²) in [4.78, 5) is 27.1. The van der Waals surface area contributed by atoms with Crippen molar-refractivity contribution in [2.45, 2.75) is 13.8 Å². The summed E-state index contributed by atoms with van der Waals surface area (Å²) >= 11 is 0. The van der Waals surface area contributed by atoms with Crippen molar-refractivity contribution in [2.24, 2.45) is 0 Å². The van der Waals surface area contributed by atoms with Gasteiger partial charge in [-0.15, -0.1) is 0 Å². The second-order valence-electron chi connectivity index (χ2n) is 4.40. The zero-order chi connectivity index (χ0) is 14.0. The third kappa shape index (κ3) is 2.41. The molecule has 1 aliphatic heterocycles. The molecule has 102 valence electrons. The molecule has 19 heavy (non-hydrogen) atoms. The van der Waals surface area contributed by atoms with E-state index in [2.05, 4.69) is 0 Å². The van der Waals surface area contributed by atoms with Crippen molar-refractivity contribution in [1.82, 2.24) is 4.90 Å². The summed E-state index contributed by atoms with van der Waals surface area (Å²) in [5.41, 5.74) is 1.22. The van der Waals surface area contributed by atoms with Crippen LogP contribution in [-0.2, 0) is 4.79 Å².